The summed E-state index contributed by atoms with van der Waals surface area (Å²) in [5.74, 6) is -0.516. The number of hydrogen-bond acceptors (Lipinski definition) is 3. The van der Waals surface area contributed by atoms with Crippen molar-refractivity contribution in [3.8, 4) is 0 Å². The maximum Gasteiger partial charge on any atom is 0.257 e. The van der Waals surface area contributed by atoms with E-state index >= 15 is 0 Å². The number of halogens is 1. The summed E-state index contributed by atoms with van der Waals surface area (Å²) in [4.78, 5) is 24.1. The molecular formula is C18H18ClN3O2S. The predicted molar refractivity (Wildman–Crippen MR) is 104 cm³/mol. The van der Waals surface area contributed by atoms with Crippen molar-refractivity contribution in [2.75, 3.05) is 5.32 Å². The summed E-state index contributed by atoms with van der Waals surface area (Å²) in [6, 6.07) is 13.4. The molecule has 0 saturated heterocycles. The summed E-state index contributed by atoms with van der Waals surface area (Å²) in [6.07, 6.45) is 0. The van der Waals surface area contributed by atoms with Gasteiger partial charge in [-0.25, -0.2) is 0 Å². The van der Waals surface area contributed by atoms with Crippen molar-refractivity contribution in [1.29, 1.82) is 0 Å². The average Bonchev–Trinajstić information content (AvgIpc) is 2.54. The third-order valence-corrected chi connectivity index (χ3v) is 3.59. The molecule has 0 heterocycles. The molecule has 2 rings (SSSR count). The number of anilines is 1. The van der Waals surface area contributed by atoms with Gasteiger partial charge in [-0.3, -0.25) is 14.9 Å². The van der Waals surface area contributed by atoms with E-state index in [2.05, 4.69) is 16.0 Å². The molecule has 0 saturated carbocycles. The van der Waals surface area contributed by atoms with Crippen LogP contribution in [0.5, 0.6) is 0 Å². The number of hydrogen-bond donors (Lipinski definition) is 3. The van der Waals surface area contributed by atoms with Gasteiger partial charge in [0.2, 0.25) is 0 Å². The SMILES string of the molecule is CC(C)NC(=O)c1cccc(NC(=S)NC(=O)c2ccc(Cl)cc2)c1. The number of benzene rings is 2. The number of nitrogens with one attached hydrogen (secondary N) is 3. The van der Waals surface area contributed by atoms with Gasteiger partial charge in [-0.1, -0.05) is 17.7 Å². The van der Waals surface area contributed by atoms with Crippen LogP contribution in [0.1, 0.15) is 34.6 Å². The van der Waals surface area contributed by atoms with Gasteiger partial charge in [-0.15, -0.1) is 0 Å². The van der Waals surface area contributed by atoms with Crippen molar-refractivity contribution < 1.29 is 9.59 Å². The second-order valence-corrected chi connectivity index (χ2v) is 6.47. The van der Waals surface area contributed by atoms with E-state index in [4.69, 9.17) is 23.8 Å². The molecule has 0 fully saturated rings. The molecule has 0 aliphatic carbocycles. The van der Waals surface area contributed by atoms with Gasteiger partial charge >= 0.3 is 0 Å². The van der Waals surface area contributed by atoms with E-state index in [1.807, 2.05) is 13.8 Å². The van der Waals surface area contributed by atoms with Crippen LogP contribution in [0.2, 0.25) is 5.02 Å². The van der Waals surface area contributed by atoms with Crippen molar-refractivity contribution in [3.63, 3.8) is 0 Å². The molecule has 130 valence electrons. The highest BCUT2D eigenvalue weighted by Crippen LogP contribution is 2.12. The van der Waals surface area contributed by atoms with Crippen LogP contribution in [-0.4, -0.2) is 23.0 Å². The van der Waals surface area contributed by atoms with Crippen molar-refractivity contribution in [2.24, 2.45) is 0 Å². The van der Waals surface area contributed by atoms with E-state index in [1.165, 1.54) is 0 Å². The van der Waals surface area contributed by atoms with Crippen molar-refractivity contribution >= 4 is 46.4 Å². The Labute approximate surface area is 156 Å². The molecule has 0 atom stereocenters. The smallest absolute Gasteiger partial charge is 0.257 e. The fourth-order valence-corrected chi connectivity index (χ4v) is 2.36. The minimum Gasteiger partial charge on any atom is -0.350 e. The van der Waals surface area contributed by atoms with Gasteiger partial charge in [-0.2, -0.15) is 0 Å². The summed E-state index contributed by atoms with van der Waals surface area (Å²) >= 11 is 10.9. The molecular weight excluding hydrogens is 358 g/mol. The van der Waals surface area contributed by atoms with Gasteiger partial charge in [0.05, 0.1) is 0 Å². The van der Waals surface area contributed by atoms with E-state index in [-0.39, 0.29) is 23.0 Å². The second-order valence-electron chi connectivity index (χ2n) is 5.62. The summed E-state index contributed by atoms with van der Waals surface area (Å²) < 4.78 is 0. The van der Waals surface area contributed by atoms with Gasteiger partial charge in [0.1, 0.15) is 0 Å². The first-order chi connectivity index (χ1) is 11.8. The van der Waals surface area contributed by atoms with E-state index < -0.39 is 0 Å². The Morgan fingerprint density at radius 2 is 1.68 bits per heavy atom. The molecule has 25 heavy (non-hydrogen) atoms. The second kappa shape index (κ2) is 8.60. The first-order valence-electron chi connectivity index (χ1n) is 7.64. The lowest BCUT2D eigenvalue weighted by Gasteiger charge is -2.12. The first kappa shape index (κ1) is 18.9. The van der Waals surface area contributed by atoms with E-state index in [1.54, 1.807) is 48.5 Å². The van der Waals surface area contributed by atoms with E-state index in [0.29, 0.717) is 21.8 Å². The zero-order valence-electron chi connectivity index (χ0n) is 13.8. The maximum absolute atomic E-state index is 12.1. The van der Waals surface area contributed by atoms with Crippen molar-refractivity contribution in [3.05, 3.63) is 64.7 Å². The Kier molecular flexibility index (Phi) is 6.50. The molecule has 0 spiro atoms. The minimum absolute atomic E-state index is 0.0452. The van der Waals surface area contributed by atoms with Crippen LogP contribution in [0.15, 0.2) is 48.5 Å². The maximum atomic E-state index is 12.1. The van der Waals surface area contributed by atoms with Crippen molar-refractivity contribution in [1.82, 2.24) is 10.6 Å². The lowest BCUT2D eigenvalue weighted by Crippen LogP contribution is -2.34. The molecule has 5 nitrogen and oxygen atoms in total. The number of rotatable bonds is 4. The standard InChI is InChI=1S/C18H18ClN3O2S/c1-11(2)20-17(24)13-4-3-5-15(10-13)21-18(25)22-16(23)12-6-8-14(19)9-7-12/h3-11H,1-2H3,(H,20,24)(H2,21,22,23,25). The summed E-state index contributed by atoms with van der Waals surface area (Å²) in [5.41, 5.74) is 1.56. The Hall–Kier alpha value is -2.44. The summed E-state index contributed by atoms with van der Waals surface area (Å²) in [5, 5.41) is 8.99. The number of thiocarbonyl (C=S) groups is 1. The molecule has 3 N–H and O–H groups in total. The Bertz CT molecular complexity index is 791. The van der Waals surface area contributed by atoms with Gasteiger partial charge in [0, 0.05) is 27.9 Å². The number of amides is 2. The van der Waals surface area contributed by atoms with Crippen LogP contribution in [0, 0.1) is 0 Å². The van der Waals surface area contributed by atoms with Crippen LogP contribution in [0.4, 0.5) is 5.69 Å². The fourth-order valence-electron chi connectivity index (χ4n) is 2.02. The zero-order chi connectivity index (χ0) is 18.4. The summed E-state index contributed by atoms with van der Waals surface area (Å²) in [6.45, 7) is 3.78. The fraction of sp³-hybridized carbons (Fsp3) is 0.167. The van der Waals surface area contributed by atoms with Crippen LogP contribution >= 0.6 is 23.8 Å². The highest BCUT2D eigenvalue weighted by molar-refractivity contribution is 7.80. The molecule has 0 aliphatic rings. The Morgan fingerprint density at radius 3 is 2.32 bits per heavy atom. The molecule has 2 aromatic carbocycles. The van der Waals surface area contributed by atoms with Crippen molar-refractivity contribution in [2.45, 2.75) is 19.9 Å². The number of carbonyl (C=O) groups excluding carboxylic acids is 2. The third kappa shape index (κ3) is 5.85. The topological polar surface area (TPSA) is 70.2 Å². The average molecular weight is 376 g/mol. The predicted octanol–water partition coefficient (Wildman–Crippen LogP) is 3.61. The Balaban J connectivity index is 1.99. The van der Waals surface area contributed by atoms with Gasteiger partial charge < -0.3 is 10.6 Å². The highest BCUT2D eigenvalue weighted by Gasteiger charge is 2.10. The zero-order valence-corrected chi connectivity index (χ0v) is 15.4. The van der Waals surface area contributed by atoms with Gasteiger partial charge in [0.25, 0.3) is 11.8 Å². The Morgan fingerprint density at radius 1 is 1.00 bits per heavy atom. The lowest BCUT2D eigenvalue weighted by molar-refractivity contribution is 0.0941. The normalized spacial score (nSPS) is 10.2. The molecule has 0 radical (unpaired) electrons. The van der Waals surface area contributed by atoms with Crippen LogP contribution < -0.4 is 16.0 Å². The van der Waals surface area contributed by atoms with Gasteiger partial charge in [-0.05, 0) is 68.5 Å². The van der Waals surface area contributed by atoms with E-state index in [0.717, 1.165) is 0 Å². The quantitative estimate of drug-likeness (QED) is 0.714. The number of carbonyl (C=O) groups is 2. The van der Waals surface area contributed by atoms with Crippen LogP contribution in [0.25, 0.3) is 0 Å². The lowest BCUT2D eigenvalue weighted by atomic mass is 10.2. The minimum atomic E-state index is -0.345. The third-order valence-electron chi connectivity index (χ3n) is 3.14. The molecule has 0 bridgehead atoms. The molecule has 0 aliphatic heterocycles. The van der Waals surface area contributed by atoms with Crippen LogP contribution in [0.3, 0.4) is 0 Å². The molecule has 2 amide bonds. The molecule has 0 aromatic heterocycles. The molecule has 7 heteroatoms. The largest absolute Gasteiger partial charge is 0.350 e. The molecule has 2 aromatic rings. The van der Waals surface area contributed by atoms with Crippen LogP contribution in [-0.2, 0) is 0 Å². The van der Waals surface area contributed by atoms with Gasteiger partial charge in [0.15, 0.2) is 5.11 Å². The molecule has 0 unspecified atom stereocenters. The summed E-state index contributed by atoms with van der Waals surface area (Å²) in [7, 11) is 0. The first-order valence-corrected chi connectivity index (χ1v) is 8.42. The highest BCUT2D eigenvalue weighted by atomic mass is 35.5. The monoisotopic (exact) mass is 375 g/mol. The van der Waals surface area contributed by atoms with E-state index in [9.17, 15) is 9.59 Å².